The zero-order valence-corrected chi connectivity index (χ0v) is 8.61. The van der Waals surface area contributed by atoms with Gasteiger partial charge >= 0.3 is 11.7 Å². The van der Waals surface area contributed by atoms with Gasteiger partial charge in [-0.3, -0.25) is 14.6 Å². The molecule has 8 heteroatoms. The van der Waals surface area contributed by atoms with Crippen LogP contribution in [-0.4, -0.2) is 32.8 Å². The Kier molecular flexibility index (Phi) is 3.81. The number of H-pyrrole nitrogens is 2. The summed E-state index contributed by atoms with van der Waals surface area (Å²) in [5.41, 5.74) is -1.38. The molecule has 0 spiro atoms. The van der Waals surface area contributed by atoms with Gasteiger partial charge in [0.1, 0.15) is 0 Å². The van der Waals surface area contributed by atoms with Crippen molar-refractivity contribution in [2.45, 2.75) is 13.3 Å². The van der Waals surface area contributed by atoms with Gasteiger partial charge in [-0.05, 0) is 6.42 Å². The van der Waals surface area contributed by atoms with Crippen molar-refractivity contribution in [3.63, 3.8) is 0 Å². The van der Waals surface area contributed by atoms with Crippen LogP contribution >= 0.6 is 0 Å². The molecule has 0 aliphatic heterocycles. The van der Waals surface area contributed by atoms with Gasteiger partial charge in [0.15, 0.2) is 0 Å². The molecule has 88 valence electrons. The molecule has 1 atom stereocenters. The van der Waals surface area contributed by atoms with Gasteiger partial charge in [-0.2, -0.15) is 0 Å². The fourth-order valence-corrected chi connectivity index (χ4v) is 1.09. The number of aromatic amines is 2. The Bertz CT molecular complexity index is 477. The standard InChI is InChI=1S/C8H12N4O4/c1-2-4(7(14)15)3-9-5-6(13)10-8(16)12-11-5/h4H,2-3H2,1H3,(H,9,11)(H,14,15)(H2,10,12,13,16). The van der Waals surface area contributed by atoms with E-state index in [1.165, 1.54) is 0 Å². The number of aromatic nitrogens is 3. The number of anilines is 1. The van der Waals surface area contributed by atoms with E-state index in [0.717, 1.165) is 0 Å². The minimum Gasteiger partial charge on any atom is -0.481 e. The highest BCUT2D eigenvalue weighted by molar-refractivity contribution is 5.70. The maximum atomic E-state index is 11.2. The molecule has 0 radical (unpaired) electrons. The largest absolute Gasteiger partial charge is 0.481 e. The molecule has 0 amide bonds. The lowest BCUT2D eigenvalue weighted by molar-refractivity contribution is -0.141. The first-order valence-electron chi connectivity index (χ1n) is 4.70. The molecule has 0 saturated heterocycles. The summed E-state index contributed by atoms with van der Waals surface area (Å²) in [6.45, 7) is 1.80. The van der Waals surface area contributed by atoms with E-state index in [2.05, 4.69) is 10.4 Å². The van der Waals surface area contributed by atoms with Crippen molar-refractivity contribution in [1.82, 2.24) is 15.2 Å². The summed E-state index contributed by atoms with van der Waals surface area (Å²) >= 11 is 0. The number of rotatable bonds is 5. The number of carbonyl (C=O) groups is 1. The topological polar surface area (TPSA) is 128 Å². The van der Waals surface area contributed by atoms with Crippen molar-refractivity contribution in [2.75, 3.05) is 11.9 Å². The number of hydrogen-bond donors (Lipinski definition) is 4. The molecule has 0 aliphatic carbocycles. The van der Waals surface area contributed by atoms with E-state index in [4.69, 9.17) is 5.11 Å². The second-order valence-corrected chi connectivity index (χ2v) is 3.18. The van der Waals surface area contributed by atoms with Crippen LogP contribution in [-0.2, 0) is 4.79 Å². The number of nitrogens with one attached hydrogen (secondary N) is 3. The molecule has 0 bridgehead atoms. The summed E-state index contributed by atoms with van der Waals surface area (Å²) in [5, 5.41) is 16.8. The summed E-state index contributed by atoms with van der Waals surface area (Å²) in [5.74, 6) is -1.65. The Balaban J connectivity index is 2.71. The molecule has 1 unspecified atom stereocenters. The number of aliphatic carboxylic acids is 1. The van der Waals surface area contributed by atoms with Crippen LogP contribution in [0, 0.1) is 5.92 Å². The number of hydrogen-bond acceptors (Lipinski definition) is 5. The van der Waals surface area contributed by atoms with Gasteiger partial charge in [-0.1, -0.05) is 6.92 Å². The number of nitrogens with zero attached hydrogens (tertiary/aromatic N) is 1. The van der Waals surface area contributed by atoms with E-state index in [0.29, 0.717) is 6.42 Å². The Morgan fingerprint density at radius 2 is 2.25 bits per heavy atom. The molecule has 0 saturated carbocycles. The van der Waals surface area contributed by atoms with Gasteiger partial charge in [0, 0.05) is 6.54 Å². The van der Waals surface area contributed by atoms with E-state index in [-0.39, 0.29) is 12.4 Å². The lowest BCUT2D eigenvalue weighted by atomic mass is 10.1. The van der Waals surface area contributed by atoms with Crippen molar-refractivity contribution in [1.29, 1.82) is 0 Å². The third-order valence-corrected chi connectivity index (χ3v) is 2.07. The molecular formula is C8H12N4O4. The van der Waals surface area contributed by atoms with Gasteiger partial charge in [-0.15, -0.1) is 5.10 Å². The second kappa shape index (κ2) is 5.10. The quantitative estimate of drug-likeness (QED) is 0.510. The van der Waals surface area contributed by atoms with Crippen LogP contribution < -0.4 is 16.6 Å². The SMILES string of the molecule is CCC(CNc1n[nH]c(=O)[nH]c1=O)C(=O)O. The molecule has 0 fully saturated rings. The first kappa shape index (κ1) is 12.0. The summed E-state index contributed by atoms with van der Waals surface area (Å²) < 4.78 is 0. The van der Waals surface area contributed by atoms with Gasteiger partial charge in [0.05, 0.1) is 5.92 Å². The predicted octanol–water partition coefficient (Wildman–Crippen LogP) is -1.02. The summed E-state index contributed by atoms with van der Waals surface area (Å²) in [6.07, 6.45) is 0.434. The zero-order chi connectivity index (χ0) is 12.1. The molecule has 1 aromatic heterocycles. The van der Waals surface area contributed by atoms with Crippen LogP contribution in [0.1, 0.15) is 13.3 Å². The van der Waals surface area contributed by atoms with Crippen molar-refractivity contribution >= 4 is 11.8 Å². The summed E-state index contributed by atoms with van der Waals surface area (Å²) in [7, 11) is 0. The van der Waals surface area contributed by atoms with Crippen molar-refractivity contribution < 1.29 is 9.90 Å². The number of carboxylic acid groups (broad SMARTS) is 1. The molecule has 0 aromatic carbocycles. The average Bonchev–Trinajstić information content (AvgIpc) is 2.21. The highest BCUT2D eigenvalue weighted by atomic mass is 16.4. The van der Waals surface area contributed by atoms with E-state index < -0.39 is 23.1 Å². The van der Waals surface area contributed by atoms with Crippen LogP contribution in [0.2, 0.25) is 0 Å². The molecular weight excluding hydrogens is 216 g/mol. The van der Waals surface area contributed by atoms with E-state index in [9.17, 15) is 14.4 Å². The van der Waals surface area contributed by atoms with Gasteiger partial charge < -0.3 is 10.4 Å². The smallest absolute Gasteiger partial charge is 0.342 e. The lowest BCUT2D eigenvalue weighted by Crippen LogP contribution is -2.30. The van der Waals surface area contributed by atoms with Gasteiger partial charge in [-0.25, -0.2) is 9.89 Å². The van der Waals surface area contributed by atoms with Crippen molar-refractivity contribution in [3.8, 4) is 0 Å². The minimum atomic E-state index is -0.948. The first-order chi connectivity index (χ1) is 7.54. The fraction of sp³-hybridized carbons (Fsp3) is 0.500. The molecule has 1 rings (SSSR count). The second-order valence-electron chi connectivity index (χ2n) is 3.18. The molecule has 4 N–H and O–H groups in total. The normalized spacial score (nSPS) is 12.1. The lowest BCUT2D eigenvalue weighted by Gasteiger charge is -2.09. The molecule has 0 aliphatic rings. The summed E-state index contributed by atoms with van der Waals surface area (Å²) in [6, 6.07) is 0. The highest BCUT2D eigenvalue weighted by Gasteiger charge is 2.15. The molecule has 8 nitrogen and oxygen atoms in total. The fourth-order valence-electron chi connectivity index (χ4n) is 1.09. The highest BCUT2D eigenvalue weighted by Crippen LogP contribution is 2.02. The minimum absolute atomic E-state index is 0.0773. The Labute approximate surface area is 89.7 Å². The summed E-state index contributed by atoms with van der Waals surface area (Å²) in [4.78, 5) is 34.5. The van der Waals surface area contributed by atoms with Crippen LogP contribution in [0.4, 0.5) is 5.82 Å². The Morgan fingerprint density at radius 1 is 1.56 bits per heavy atom. The Morgan fingerprint density at radius 3 is 2.75 bits per heavy atom. The molecule has 16 heavy (non-hydrogen) atoms. The van der Waals surface area contributed by atoms with Crippen LogP contribution in [0.3, 0.4) is 0 Å². The van der Waals surface area contributed by atoms with Crippen LogP contribution in [0.15, 0.2) is 9.59 Å². The maximum absolute atomic E-state index is 11.2. The van der Waals surface area contributed by atoms with Crippen LogP contribution in [0.5, 0.6) is 0 Å². The number of carboxylic acids is 1. The first-order valence-corrected chi connectivity index (χ1v) is 4.70. The molecule has 1 aromatic rings. The Hall–Kier alpha value is -2.12. The predicted molar refractivity (Wildman–Crippen MR) is 55.4 cm³/mol. The maximum Gasteiger partial charge on any atom is 0.342 e. The molecule has 1 heterocycles. The zero-order valence-electron chi connectivity index (χ0n) is 8.61. The van der Waals surface area contributed by atoms with Crippen molar-refractivity contribution in [2.24, 2.45) is 5.92 Å². The third-order valence-electron chi connectivity index (χ3n) is 2.07. The van der Waals surface area contributed by atoms with Crippen LogP contribution in [0.25, 0.3) is 0 Å². The monoisotopic (exact) mass is 228 g/mol. The van der Waals surface area contributed by atoms with E-state index in [1.807, 2.05) is 10.1 Å². The van der Waals surface area contributed by atoms with E-state index in [1.54, 1.807) is 6.92 Å². The third kappa shape index (κ3) is 2.94. The van der Waals surface area contributed by atoms with E-state index >= 15 is 0 Å². The van der Waals surface area contributed by atoms with Gasteiger partial charge in [0.25, 0.3) is 5.56 Å². The van der Waals surface area contributed by atoms with Gasteiger partial charge in [0.2, 0.25) is 5.82 Å². The van der Waals surface area contributed by atoms with Crippen molar-refractivity contribution in [3.05, 3.63) is 20.8 Å². The average molecular weight is 228 g/mol.